The van der Waals surface area contributed by atoms with Crippen molar-refractivity contribution in [2.75, 3.05) is 0 Å². The Balaban J connectivity index is 2.11. The summed E-state index contributed by atoms with van der Waals surface area (Å²) in [5.74, 6) is 0.295. The van der Waals surface area contributed by atoms with Crippen LogP contribution < -0.4 is 0 Å². The monoisotopic (exact) mass is 256 g/mol. The summed E-state index contributed by atoms with van der Waals surface area (Å²) in [6.45, 7) is 1.81. The number of benzene rings is 2. The molecule has 0 aromatic heterocycles. The smallest absolute Gasteiger partial charge is 0.154 e. The van der Waals surface area contributed by atoms with E-state index in [0.29, 0.717) is 11.8 Å². The highest BCUT2D eigenvalue weighted by Crippen LogP contribution is 2.22. The van der Waals surface area contributed by atoms with Crippen molar-refractivity contribution in [1.82, 2.24) is 0 Å². The number of hydrogen-bond donors (Lipinski definition) is 2. The van der Waals surface area contributed by atoms with Crippen LogP contribution in [0.25, 0.3) is 0 Å². The van der Waals surface area contributed by atoms with Gasteiger partial charge in [0.2, 0.25) is 0 Å². The summed E-state index contributed by atoms with van der Waals surface area (Å²) in [6, 6.07) is 10.6. The summed E-state index contributed by atoms with van der Waals surface area (Å²) in [5.41, 5.74) is 3.26. The first kappa shape index (κ1) is 13.1. The van der Waals surface area contributed by atoms with Crippen LogP contribution >= 0.6 is 0 Å². The number of hydrogen-bond acceptors (Lipinski definition) is 3. The van der Waals surface area contributed by atoms with Gasteiger partial charge in [-0.1, -0.05) is 18.2 Å². The number of aryl methyl sites for hydroxylation is 3. The molecule has 0 amide bonds. The number of phenols is 2. The second-order valence-corrected chi connectivity index (χ2v) is 4.63. The van der Waals surface area contributed by atoms with Crippen LogP contribution in [0.1, 0.15) is 27.0 Å². The van der Waals surface area contributed by atoms with Gasteiger partial charge in [0.05, 0.1) is 5.56 Å². The second-order valence-electron chi connectivity index (χ2n) is 4.63. The number of aromatic hydroxyl groups is 2. The first-order chi connectivity index (χ1) is 9.10. The van der Waals surface area contributed by atoms with Crippen molar-refractivity contribution in [2.45, 2.75) is 19.8 Å². The zero-order valence-electron chi connectivity index (χ0n) is 10.8. The van der Waals surface area contributed by atoms with E-state index >= 15 is 0 Å². The van der Waals surface area contributed by atoms with Crippen LogP contribution in [0.3, 0.4) is 0 Å². The molecule has 0 heterocycles. The summed E-state index contributed by atoms with van der Waals surface area (Å²) in [6.07, 6.45) is 2.27. The van der Waals surface area contributed by atoms with Gasteiger partial charge >= 0.3 is 0 Å². The molecule has 0 radical (unpaired) electrons. The normalized spacial score (nSPS) is 10.4. The van der Waals surface area contributed by atoms with E-state index in [0.717, 1.165) is 29.5 Å². The molecule has 2 N–H and O–H groups in total. The molecule has 3 nitrogen and oxygen atoms in total. The molecule has 2 rings (SSSR count). The molecule has 0 unspecified atom stereocenters. The summed E-state index contributed by atoms with van der Waals surface area (Å²) in [7, 11) is 0. The Kier molecular flexibility index (Phi) is 3.85. The molecule has 98 valence electrons. The molecule has 2 aromatic rings. The summed E-state index contributed by atoms with van der Waals surface area (Å²) >= 11 is 0. The largest absolute Gasteiger partial charge is 0.508 e. The van der Waals surface area contributed by atoms with Gasteiger partial charge in [0.25, 0.3) is 0 Å². The third-order valence-corrected chi connectivity index (χ3v) is 3.18. The second kappa shape index (κ2) is 5.57. The Bertz CT molecular complexity index is 562. The number of carbonyl (C=O) groups is 1. The summed E-state index contributed by atoms with van der Waals surface area (Å²) in [4.78, 5) is 10.8. The predicted octanol–water partition coefficient (Wildman–Crippen LogP) is 3.00. The van der Waals surface area contributed by atoms with Gasteiger partial charge in [0, 0.05) is 0 Å². The van der Waals surface area contributed by atoms with Crippen LogP contribution in [0.4, 0.5) is 0 Å². The van der Waals surface area contributed by atoms with E-state index in [1.165, 1.54) is 0 Å². The van der Waals surface area contributed by atoms with E-state index in [9.17, 15) is 15.0 Å². The summed E-state index contributed by atoms with van der Waals surface area (Å²) < 4.78 is 0. The molecule has 0 fully saturated rings. The molecule has 0 saturated heterocycles. The van der Waals surface area contributed by atoms with Crippen LogP contribution in [-0.2, 0) is 12.8 Å². The first-order valence-corrected chi connectivity index (χ1v) is 6.15. The van der Waals surface area contributed by atoms with E-state index in [1.54, 1.807) is 18.2 Å². The number of phenolic OH excluding ortho intramolecular Hbond substituents is 2. The Morgan fingerprint density at radius 3 is 2.21 bits per heavy atom. The lowest BCUT2D eigenvalue weighted by molar-refractivity contribution is 0.112. The minimum Gasteiger partial charge on any atom is -0.508 e. The van der Waals surface area contributed by atoms with Crippen molar-refractivity contribution in [3.8, 4) is 11.5 Å². The van der Waals surface area contributed by atoms with E-state index in [4.69, 9.17) is 0 Å². The highest BCUT2D eigenvalue weighted by atomic mass is 16.3. The molecule has 3 heteroatoms. The maximum Gasteiger partial charge on any atom is 0.154 e. The molecular weight excluding hydrogens is 240 g/mol. The highest BCUT2D eigenvalue weighted by Gasteiger charge is 2.06. The number of carbonyl (C=O) groups excluding carboxylic acids is 1. The minimum atomic E-state index is 0.0377. The molecule has 0 saturated carbocycles. The number of rotatable bonds is 4. The van der Waals surface area contributed by atoms with Gasteiger partial charge in [-0.3, -0.25) is 4.79 Å². The highest BCUT2D eigenvalue weighted by molar-refractivity contribution is 5.81. The van der Waals surface area contributed by atoms with Gasteiger partial charge in [-0.2, -0.15) is 0 Å². The van der Waals surface area contributed by atoms with Crippen LogP contribution in [0.5, 0.6) is 11.5 Å². The van der Waals surface area contributed by atoms with E-state index in [2.05, 4.69) is 0 Å². The molecular formula is C16H16O3. The standard InChI is InChI=1S/C16H16O3/c1-11-8-13(9-16(19)15(11)10-17)3-2-12-4-6-14(18)7-5-12/h4-10,18-19H,2-3H2,1H3. The van der Waals surface area contributed by atoms with E-state index in [1.807, 2.05) is 25.1 Å². The van der Waals surface area contributed by atoms with Crippen LogP contribution in [-0.4, -0.2) is 16.5 Å². The molecule has 0 aliphatic carbocycles. The van der Waals surface area contributed by atoms with Crippen molar-refractivity contribution in [2.24, 2.45) is 0 Å². The quantitative estimate of drug-likeness (QED) is 0.827. The van der Waals surface area contributed by atoms with Crippen molar-refractivity contribution in [3.05, 3.63) is 58.7 Å². The fourth-order valence-corrected chi connectivity index (χ4v) is 2.10. The molecule has 19 heavy (non-hydrogen) atoms. The van der Waals surface area contributed by atoms with Crippen LogP contribution in [0.2, 0.25) is 0 Å². The Labute approximate surface area is 112 Å². The van der Waals surface area contributed by atoms with Gasteiger partial charge in [-0.25, -0.2) is 0 Å². The molecule has 0 aliphatic rings. The van der Waals surface area contributed by atoms with E-state index in [-0.39, 0.29) is 11.5 Å². The topological polar surface area (TPSA) is 57.5 Å². The Hall–Kier alpha value is -2.29. The zero-order valence-corrected chi connectivity index (χ0v) is 10.8. The fraction of sp³-hybridized carbons (Fsp3) is 0.188. The lowest BCUT2D eigenvalue weighted by Crippen LogP contribution is -1.95. The van der Waals surface area contributed by atoms with Gasteiger partial charge in [0.1, 0.15) is 11.5 Å². The van der Waals surface area contributed by atoms with Gasteiger partial charge in [-0.05, 0) is 54.7 Å². The SMILES string of the molecule is Cc1cc(CCc2ccc(O)cc2)cc(O)c1C=O. The van der Waals surface area contributed by atoms with Crippen molar-refractivity contribution in [1.29, 1.82) is 0 Å². The maximum atomic E-state index is 10.8. The average molecular weight is 256 g/mol. The third kappa shape index (κ3) is 3.13. The lowest BCUT2D eigenvalue weighted by Gasteiger charge is -2.07. The maximum absolute atomic E-state index is 10.8. The molecule has 0 aliphatic heterocycles. The van der Waals surface area contributed by atoms with Crippen molar-refractivity contribution < 1.29 is 15.0 Å². The molecule has 0 spiro atoms. The van der Waals surface area contributed by atoms with Crippen LogP contribution in [0.15, 0.2) is 36.4 Å². The average Bonchev–Trinajstić information content (AvgIpc) is 2.38. The first-order valence-electron chi connectivity index (χ1n) is 6.15. The van der Waals surface area contributed by atoms with Gasteiger partial charge in [0.15, 0.2) is 6.29 Å². The predicted molar refractivity (Wildman–Crippen MR) is 73.7 cm³/mol. The molecule has 2 aromatic carbocycles. The van der Waals surface area contributed by atoms with Crippen LogP contribution in [0, 0.1) is 6.92 Å². The zero-order chi connectivity index (χ0) is 13.8. The fourth-order valence-electron chi connectivity index (χ4n) is 2.10. The van der Waals surface area contributed by atoms with Crippen molar-refractivity contribution in [3.63, 3.8) is 0 Å². The minimum absolute atomic E-state index is 0.0377. The Morgan fingerprint density at radius 2 is 1.63 bits per heavy atom. The van der Waals surface area contributed by atoms with Gasteiger partial charge in [-0.15, -0.1) is 0 Å². The molecule has 0 atom stereocenters. The van der Waals surface area contributed by atoms with Gasteiger partial charge < -0.3 is 10.2 Å². The number of aldehydes is 1. The summed E-state index contributed by atoms with van der Waals surface area (Å²) in [5, 5.41) is 18.9. The lowest BCUT2D eigenvalue weighted by atomic mass is 9.99. The van der Waals surface area contributed by atoms with E-state index < -0.39 is 0 Å². The molecule has 0 bridgehead atoms. The van der Waals surface area contributed by atoms with Crippen molar-refractivity contribution >= 4 is 6.29 Å². The third-order valence-electron chi connectivity index (χ3n) is 3.18. The Morgan fingerprint density at radius 1 is 1.00 bits per heavy atom.